The van der Waals surface area contributed by atoms with Gasteiger partial charge in [-0.1, -0.05) is 95.2 Å². The highest BCUT2D eigenvalue weighted by Gasteiger charge is 2.35. The molecule has 0 aromatic rings. The van der Waals surface area contributed by atoms with Crippen molar-refractivity contribution in [2.45, 2.75) is 83.1 Å². The average molecular weight is 435 g/mol. The summed E-state index contributed by atoms with van der Waals surface area (Å²) in [5, 5.41) is 0. The standard InChI is InChI=1S/C30H42O2/c1-27(2,3)21-15-19(16-22(25(21)31)28(4,5)6)13-14-20-17-23(29(7,8)9)26(32)24(18-20)30(10,11)12/h13-18H,1-12H3. The second kappa shape index (κ2) is 8.28. The van der Waals surface area contributed by atoms with Crippen LogP contribution >= 0.6 is 0 Å². The highest BCUT2D eigenvalue weighted by Crippen LogP contribution is 2.40. The lowest BCUT2D eigenvalue weighted by Gasteiger charge is -2.31. The summed E-state index contributed by atoms with van der Waals surface area (Å²) < 4.78 is 0. The Morgan fingerprint density at radius 2 is 0.625 bits per heavy atom. The van der Waals surface area contributed by atoms with Crippen molar-refractivity contribution in [3.63, 3.8) is 0 Å². The van der Waals surface area contributed by atoms with Crippen LogP contribution in [0.3, 0.4) is 0 Å². The van der Waals surface area contributed by atoms with Gasteiger partial charge >= 0.3 is 0 Å². The quantitative estimate of drug-likeness (QED) is 0.420. The molecule has 2 rings (SSSR count). The highest BCUT2D eigenvalue weighted by molar-refractivity contribution is 6.12. The van der Waals surface area contributed by atoms with Gasteiger partial charge < -0.3 is 0 Å². The third-order valence-electron chi connectivity index (χ3n) is 5.92. The Hall–Kier alpha value is -2.22. The number of allylic oxidation sites excluding steroid dienone is 12. The molecule has 2 nitrogen and oxygen atoms in total. The first-order valence-corrected chi connectivity index (χ1v) is 11.6. The van der Waals surface area contributed by atoms with E-state index in [1.54, 1.807) is 0 Å². The number of hydrogen-bond donors (Lipinski definition) is 0. The zero-order valence-electron chi connectivity index (χ0n) is 22.3. The van der Waals surface area contributed by atoms with Crippen LogP contribution in [0.5, 0.6) is 0 Å². The lowest BCUT2D eigenvalue weighted by molar-refractivity contribution is -0.114. The second-order valence-electron chi connectivity index (χ2n) is 13.2. The molecule has 0 saturated heterocycles. The van der Waals surface area contributed by atoms with Gasteiger partial charge in [-0.05, 0) is 57.1 Å². The van der Waals surface area contributed by atoms with Crippen molar-refractivity contribution < 1.29 is 9.59 Å². The van der Waals surface area contributed by atoms with E-state index in [4.69, 9.17) is 0 Å². The molecule has 0 N–H and O–H groups in total. The van der Waals surface area contributed by atoms with Gasteiger partial charge in [-0.25, -0.2) is 0 Å². The fourth-order valence-corrected chi connectivity index (χ4v) is 3.92. The monoisotopic (exact) mass is 434 g/mol. The number of carbonyl (C=O) groups is 2. The van der Waals surface area contributed by atoms with Crippen LogP contribution in [0.1, 0.15) is 83.1 Å². The summed E-state index contributed by atoms with van der Waals surface area (Å²) in [5.41, 5.74) is 4.45. The molecule has 2 aliphatic rings. The molecule has 0 radical (unpaired) electrons. The van der Waals surface area contributed by atoms with Crippen LogP contribution in [0.2, 0.25) is 0 Å². The number of hydrogen-bond acceptors (Lipinski definition) is 2. The Labute approximate surface area is 195 Å². The minimum Gasteiger partial charge on any atom is -0.289 e. The van der Waals surface area contributed by atoms with Crippen LogP contribution in [0.4, 0.5) is 0 Å². The molecule has 2 heteroatoms. The van der Waals surface area contributed by atoms with E-state index in [1.165, 1.54) is 0 Å². The van der Waals surface area contributed by atoms with Gasteiger partial charge in [-0.3, -0.25) is 9.59 Å². The van der Waals surface area contributed by atoms with Crippen LogP contribution in [-0.4, -0.2) is 11.6 Å². The third-order valence-corrected chi connectivity index (χ3v) is 5.92. The molecule has 32 heavy (non-hydrogen) atoms. The SMILES string of the molecule is CC(C)(C)C1=CC(=CC=C2C=C(C(C)(C)C)C(=O)C(C(C)(C)C)=C2)C=C(C(C)(C)C)C1=O. The molecule has 0 aromatic carbocycles. The summed E-state index contributed by atoms with van der Waals surface area (Å²) in [6.45, 7) is 25.0. The predicted molar refractivity (Wildman–Crippen MR) is 136 cm³/mol. The Bertz CT molecular complexity index is 847. The minimum absolute atomic E-state index is 0.142. The largest absolute Gasteiger partial charge is 0.289 e. The molecule has 0 bridgehead atoms. The van der Waals surface area contributed by atoms with Gasteiger partial charge in [0.2, 0.25) is 0 Å². The van der Waals surface area contributed by atoms with E-state index < -0.39 is 0 Å². The Morgan fingerprint density at radius 1 is 0.438 bits per heavy atom. The van der Waals surface area contributed by atoms with Crippen molar-refractivity contribution in [1.29, 1.82) is 0 Å². The minimum atomic E-state index is -0.232. The molecule has 0 fully saturated rings. The van der Waals surface area contributed by atoms with Crippen LogP contribution < -0.4 is 0 Å². The second-order valence-corrected chi connectivity index (χ2v) is 13.2. The summed E-state index contributed by atoms with van der Waals surface area (Å²) in [5.74, 6) is 0.283. The number of carbonyl (C=O) groups excluding carboxylic acids is 2. The molecule has 0 heterocycles. The van der Waals surface area contributed by atoms with Crippen molar-refractivity contribution in [1.82, 2.24) is 0 Å². The van der Waals surface area contributed by atoms with Crippen molar-refractivity contribution in [3.8, 4) is 0 Å². The van der Waals surface area contributed by atoms with E-state index in [2.05, 4.69) is 95.2 Å². The summed E-state index contributed by atoms with van der Waals surface area (Å²) in [6.07, 6.45) is 12.2. The highest BCUT2D eigenvalue weighted by atomic mass is 16.1. The third kappa shape index (κ3) is 5.77. The molecule has 0 amide bonds. The molecule has 0 atom stereocenters. The van der Waals surface area contributed by atoms with E-state index in [-0.39, 0.29) is 33.2 Å². The van der Waals surface area contributed by atoms with Gasteiger partial charge in [-0.2, -0.15) is 0 Å². The van der Waals surface area contributed by atoms with Gasteiger partial charge in [-0.15, -0.1) is 0 Å². The molecular weight excluding hydrogens is 392 g/mol. The zero-order chi connectivity index (χ0) is 24.9. The van der Waals surface area contributed by atoms with Crippen molar-refractivity contribution in [2.75, 3.05) is 0 Å². The Morgan fingerprint density at radius 3 is 0.781 bits per heavy atom. The maximum Gasteiger partial charge on any atom is 0.186 e. The Kier molecular flexibility index (Phi) is 6.74. The van der Waals surface area contributed by atoms with E-state index >= 15 is 0 Å². The molecule has 0 saturated carbocycles. The number of Topliss-reactive ketones (excluding diaryl/α,β-unsaturated/α-hetero) is 2. The first kappa shape index (κ1) is 26.0. The average Bonchev–Trinajstić information content (AvgIpc) is 2.57. The molecule has 0 aromatic heterocycles. The zero-order valence-corrected chi connectivity index (χ0v) is 22.3. The van der Waals surface area contributed by atoms with E-state index in [0.29, 0.717) is 0 Å². The first-order chi connectivity index (χ1) is 14.2. The molecule has 0 aliphatic heterocycles. The predicted octanol–water partition coefficient (Wildman–Crippen LogP) is 7.89. The maximum atomic E-state index is 13.2. The lowest BCUT2D eigenvalue weighted by atomic mass is 9.71. The number of rotatable bonds is 1. The lowest BCUT2D eigenvalue weighted by Crippen LogP contribution is -2.28. The summed E-state index contributed by atoms with van der Waals surface area (Å²) in [7, 11) is 0. The first-order valence-electron chi connectivity index (χ1n) is 11.6. The van der Waals surface area contributed by atoms with Crippen LogP contribution in [0, 0.1) is 21.7 Å². The van der Waals surface area contributed by atoms with Gasteiger partial charge in [0.1, 0.15) is 0 Å². The Balaban J connectivity index is 2.67. The van der Waals surface area contributed by atoms with E-state index in [0.717, 1.165) is 33.4 Å². The van der Waals surface area contributed by atoms with Crippen molar-refractivity contribution >= 4 is 11.6 Å². The molecule has 0 unspecified atom stereocenters. The van der Waals surface area contributed by atoms with Gasteiger partial charge in [0.05, 0.1) is 0 Å². The number of ketones is 2. The maximum absolute atomic E-state index is 13.2. The van der Waals surface area contributed by atoms with Crippen LogP contribution in [-0.2, 0) is 9.59 Å². The van der Waals surface area contributed by atoms with Gasteiger partial charge in [0.15, 0.2) is 11.6 Å². The molecule has 2 aliphatic carbocycles. The summed E-state index contributed by atoms with van der Waals surface area (Å²) >= 11 is 0. The topological polar surface area (TPSA) is 34.1 Å². The van der Waals surface area contributed by atoms with Crippen LogP contribution in [0.25, 0.3) is 0 Å². The summed E-state index contributed by atoms with van der Waals surface area (Å²) in [4.78, 5) is 26.4. The van der Waals surface area contributed by atoms with Crippen molar-refractivity contribution in [2.24, 2.45) is 21.7 Å². The molecule has 0 spiro atoms. The normalized spacial score (nSPS) is 18.8. The van der Waals surface area contributed by atoms with Crippen LogP contribution in [0.15, 0.2) is 69.9 Å². The van der Waals surface area contributed by atoms with Crippen molar-refractivity contribution in [3.05, 3.63) is 69.9 Å². The molecule has 174 valence electrons. The fourth-order valence-electron chi connectivity index (χ4n) is 3.92. The van der Waals surface area contributed by atoms with E-state index in [1.807, 2.05) is 24.3 Å². The van der Waals surface area contributed by atoms with Gasteiger partial charge in [0, 0.05) is 22.3 Å². The fraction of sp³-hybridized carbons (Fsp3) is 0.533. The van der Waals surface area contributed by atoms with E-state index in [9.17, 15) is 9.59 Å². The molecular formula is C30H42O2. The smallest absolute Gasteiger partial charge is 0.186 e. The summed E-state index contributed by atoms with van der Waals surface area (Å²) in [6, 6.07) is 0. The van der Waals surface area contributed by atoms with Gasteiger partial charge in [0.25, 0.3) is 0 Å².